The molecule has 2 aromatic carbocycles. The number of benzene rings is 2. The molecule has 0 saturated carbocycles. The molecule has 1 aromatic heterocycles. The first-order valence-corrected chi connectivity index (χ1v) is 8.23. The summed E-state index contributed by atoms with van der Waals surface area (Å²) in [5.41, 5.74) is 16.8. The second-order valence-electron chi connectivity index (χ2n) is 6.61. The molecular weight excluding hydrogens is 480 g/mol. The molecule has 0 aliphatic rings. The van der Waals surface area contributed by atoms with E-state index in [0.717, 1.165) is 10.9 Å². The molecule has 0 saturated heterocycles. The zero-order chi connectivity index (χ0) is 17.6. The van der Waals surface area contributed by atoms with Crippen LogP contribution in [0.3, 0.4) is 0 Å². The molecule has 3 rings (SSSR count). The number of fused-ring (bicyclic) bond motifs is 1. The molecule has 0 radical (unpaired) electrons. The molecule has 0 aliphatic carbocycles. The largest absolute Gasteiger partial charge is 0.662 e. The average Bonchev–Trinajstić information content (AvgIpc) is 2.94. The van der Waals surface area contributed by atoms with E-state index in [4.69, 9.17) is 5.73 Å². The van der Waals surface area contributed by atoms with Gasteiger partial charge in [0.25, 0.3) is 0 Å². The van der Waals surface area contributed by atoms with Gasteiger partial charge >= 0.3 is 0 Å². The topological polar surface area (TPSA) is 45.8 Å². The summed E-state index contributed by atoms with van der Waals surface area (Å²) in [6, 6.07) is 9.76. The number of aromatic nitrogens is 1. The van der Waals surface area contributed by atoms with Crippen molar-refractivity contribution in [2.75, 3.05) is 0 Å². The van der Waals surface area contributed by atoms with Crippen molar-refractivity contribution in [3.63, 3.8) is 0 Å². The Morgan fingerprint density at radius 2 is 1.44 bits per heavy atom. The van der Waals surface area contributed by atoms with Gasteiger partial charge in [-0.05, 0) is 80.1 Å². The van der Waals surface area contributed by atoms with E-state index in [0.29, 0.717) is 12.2 Å². The van der Waals surface area contributed by atoms with Gasteiger partial charge < -0.3 is 15.1 Å². The smallest absolute Gasteiger partial charge is 0.0964 e. The molecule has 3 aromatic rings. The molecule has 130 valence electrons. The van der Waals surface area contributed by atoms with Crippen LogP contribution in [0.5, 0.6) is 0 Å². The van der Waals surface area contributed by atoms with Gasteiger partial charge in [0.1, 0.15) is 0 Å². The summed E-state index contributed by atoms with van der Waals surface area (Å²) in [6.45, 7) is 11.4. The van der Waals surface area contributed by atoms with Gasteiger partial charge in [-0.25, -0.2) is 0 Å². The van der Waals surface area contributed by atoms with Gasteiger partial charge in [0.05, 0.1) is 11.6 Å². The maximum absolute atomic E-state index is 11.8. The van der Waals surface area contributed by atoms with Crippen molar-refractivity contribution in [1.82, 2.24) is 4.57 Å². The number of nitrogens with zero attached hydrogens (tertiary/aromatic N) is 1. The van der Waals surface area contributed by atoms with Crippen LogP contribution in [0.2, 0.25) is 0 Å². The molecule has 0 spiro atoms. The molecule has 0 aliphatic heterocycles. The van der Waals surface area contributed by atoms with E-state index in [-0.39, 0.29) is 21.1 Å². The second-order valence-corrected chi connectivity index (χ2v) is 6.61. The zero-order valence-corrected chi connectivity index (χ0v) is 18.3. The summed E-state index contributed by atoms with van der Waals surface area (Å²) in [7, 11) is 0. The van der Waals surface area contributed by atoms with Gasteiger partial charge in [0.15, 0.2) is 0 Å². The predicted octanol–water partition coefficient (Wildman–Crippen LogP) is 5.42. The van der Waals surface area contributed by atoms with Crippen LogP contribution >= 0.6 is 0 Å². The molecule has 0 unspecified atom stereocenters. The Labute approximate surface area is 163 Å². The minimum Gasteiger partial charge on any atom is -0.662 e. The van der Waals surface area contributed by atoms with Gasteiger partial charge in [0.2, 0.25) is 0 Å². The van der Waals surface area contributed by atoms with Crippen molar-refractivity contribution in [1.29, 1.82) is 0 Å². The number of hydrogen-bond donors (Lipinski definition) is 0. The van der Waals surface area contributed by atoms with Crippen LogP contribution in [0.25, 0.3) is 16.6 Å². The molecule has 1 amide bonds. The van der Waals surface area contributed by atoms with E-state index in [9.17, 15) is 4.79 Å². The third-order valence-corrected chi connectivity index (χ3v) is 5.51. The van der Waals surface area contributed by atoms with Crippen LogP contribution in [-0.2, 0) is 27.6 Å². The fraction of sp³-hybridized carbons (Fsp3) is 0.286. The van der Waals surface area contributed by atoms with Crippen LogP contribution in [0, 0.1) is 34.6 Å². The van der Waals surface area contributed by atoms with Gasteiger partial charge in [-0.1, -0.05) is 18.2 Å². The minimum absolute atomic E-state index is 0. The summed E-state index contributed by atoms with van der Waals surface area (Å²) < 4.78 is 1.98. The second kappa shape index (κ2) is 7.17. The van der Waals surface area contributed by atoms with Crippen molar-refractivity contribution in [3.8, 4) is 0 Å². The average molecular weight is 503 g/mol. The summed E-state index contributed by atoms with van der Waals surface area (Å²) >= 11 is 0. The van der Waals surface area contributed by atoms with Crippen molar-refractivity contribution in [2.24, 2.45) is 0 Å². The Bertz CT molecular complexity index is 941. The fourth-order valence-electron chi connectivity index (χ4n) is 3.54. The van der Waals surface area contributed by atoms with Crippen LogP contribution in [0.1, 0.15) is 43.9 Å². The fourth-order valence-corrected chi connectivity index (χ4v) is 3.54. The number of rotatable bonds is 3. The van der Waals surface area contributed by atoms with Crippen molar-refractivity contribution < 1.29 is 25.9 Å². The number of carbonyl (C=O) groups is 1. The standard InChI is InChI=1S/C21H24N2O.W/c1-12-13(2)15(4)18(16(5)14(12)3)11-23-19-9-7-6-8-17(19)10-20(23)21(22)24;/h6-10H,11H2,1-5H3,(H2,22,24);/p-1. The third kappa shape index (κ3) is 3.18. The van der Waals surface area contributed by atoms with Gasteiger partial charge in [-0.2, -0.15) is 0 Å². The number of amides is 1. The molecular formula is C21H23N2OW-. The first kappa shape index (κ1) is 19.5. The number of carbonyl (C=O) groups excluding carboxylic acids is 1. The first-order valence-electron chi connectivity index (χ1n) is 8.23. The molecule has 0 fully saturated rings. The van der Waals surface area contributed by atoms with Crippen LogP contribution in [0.15, 0.2) is 30.3 Å². The van der Waals surface area contributed by atoms with Crippen molar-refractivity contribution in [2.45, 2.75) is 41.2 Å². The quantitative estimate of drug-likeness (QED) is 0.471. The Kier molecular flexibility index (Phi) is 5.58. The van der Waals surface area contributed by atoms with E-state index < -0.39 is 5.91 Å². The maximum Gasteiger partial charge on any atom is 0.0964 e. The summed E-state index contributed by atoms with van der Waals surface area (Å²) in [4.78, 5) is 11.8. The van der Waals surface area contributed by atoms with Crippen LogP contribution < -0.4 is 0 Å². The van der Waals surface area contributed by atoms with Crippen molar-refractivity contribution in [3.05, 3.63) is 75.1 Å². The minimum atomic E-state index is -0.637. The first-order chi connectivity index (χ1) is 11.3. The van der Waals surface area contributed by atoms with Crippen LogP contribution in [-0.4, -0.2) is 10.5 Å². The molecule has 1 N–H and O–H groups in total. The molecule has 0 bridgehead atoms. The van der Waals surface area contributed by atoms with Gasteiger partial charge in [-0.15, -0.1) is 0 Å². The Morgan fingerprint density at radius 3 is 2.00 bits per heavy atom. The third-order valence-electron chi connectivity index (χ3n) is 5.51. The maximum atomic E-state index is 11.8. The summed E-state index contributed by atoms with van der Waals surface area (Å²) in [6.07, 6.45) is 0. The van der Waals surface area contributed by atoms with E-state index in [1.807, 2.05) is 34.9 Å². The SMILES string of the molecule is Cc1c(C)c(C)c(Cn2c(C([NH-])=O)cc3ccccc32)c(C)c1C.[W]. The van der Waals surface area contributed by atoms with E-state index >= 15 is 0 Å². The molecule has 4 heteroatoms. The Balaban J connectivity index is 0.00000225. The zero-order valence-electron chi connectivity index (χ0n) is 15.4. The predicted molar refractivity (Wildman–Crippen MR) is 99.8 cm³/mol. The molecule has 0 atom stereocenters. The van der Waals surface area contributed by atoms with Gasteiger partial charge in [0, 0.05) is 38.5 Å². The number of para-hydroxylation sites is 1. The Morgan fingerprint density at radius 1 is 0.920 bits per heavy atom. The van der Waals surface area contributed by atoms with Crippen molar-refractivity contribution >= 4 is 16.8 Å². The van der Waals surface area contributed by atoms with Gasteiger partial charge in [-0.3, -0.25) is 0 Å². The van der Waals surface area contributed by atoms with E-state index in [1.165, 1.54) is 33.4 Å². The Hall–Kier alpha value is -1.86. The summed E-state index contributed by atoms with van der Waals surface area (Å²) in [5.74, 6) is -0.637. The van der Waals surface area contributed by atoms with E-state index in [1.54, 1.807) is 0 Å². The number of nitrogens with one attached hydrogen (secondary N) is 1. The molecule has 25 heavy (non-hydrogen) atoms. The molecule has 3 nitrogen and oxygen atoms in total. The molecule has 1 heterocycles. The normalized spacial score (nSPS) is 10.8. The monoisotopic (exact) mass is 503 g/mol. The van der Waals surface area contributed by atoms with E-state index in [2.05, 4.69) is 34.6 Å². The summed E-state index contributed by atoms with van der Waals surface area (Å²) in [5, 5.41) is 1.00. The van der Waals surface area contributed by atoms with Crippen LogP contribution in [0.4, 0.5) is 0 Å². The number of hydrogen-bond acceptors (Lipinski definition) is 1.